The molecule has 4 nitrogen and oxygen atoms in total. The monoisotopic (exact) mass is 404 g/mol. The van der Waals surface area contributed by atoms with Gasteiger partial charge in [0.25, 0.3) is 0 Å². The molecular formula is C22H23F3N2O2. The predicted molar refractivity (Wildman–Crippen MR) is 106 cm³/mol. The number of hydrogen-bond donors (Lipinski definition) is 1. The van der Waals surface area contributed by atoms with E-state index in [1.165, 1.54) is 19.1 Å². The van der Waals surface area contributed by atoms with Crippen molar-refractivity contribution in [2.75, 3.05) is 16.8 Å². The second-order valence-electron chi connectivity index (χ2n) is 7.36. The summed E-state index contributed by atoms with van der Waals surface area (Å²) in [7, 11) is 0. The number of rotatable bonds is 4. The second-order valence-corrected chi connectivity index (χ2v) is 7.36. The lowest BCUT2D eigenvalue weighted by molar-refractivity contribution is -0.138. The molecule has 0 saturated carbocycles. The van der Waals surface area contributed by atoms with Crippen molar-refractivity contribution in [2.24, 2.45) is 5.92 Å². The van der Waals surface area contributed by atoms with Crippen LogP contribution in [0.4, 0.5) is 24.5 Å². The normalized spacial score (nSPS) is 17.0. The first kappa shape index (κ1) is 20.9. The van der Waals surface area contributed by atoms with E-state index in [2.05, 4.69) is 5.32 Å². The number of para-hydroxylation sites is 1. The van der Waals surface area contributed by atoms with Crippen LogP contribution < -0.4 is 10.2 Å². The van der Waals surface area contributed by atoms with E-state index in [1.807, 2.05) is 32.0 Å². The summed E-state index contributed by atoms with van der Waals surface area (Å²) in [4.78, 5) is 26.9. The fourth-order valence-corrected chi connectivity index (χ4v) is 3.74. The first-order valence-corrected chi connectivity index (χ1v) is 9.49. The molecule has 2 aromatic carbocycles. The van der Waals surface area contributed by atoms with Gasteiger partial charge in [0.1, 0.15) is 0 Å². The highest BCUT2D eigenvalue weighted by Crippen LogP contribution is 2.35. The number of aryl methyl sites for hydroxylation is 3. The van der Waals surface area contributed by atoms with E-state index in [9.17, 15) is 22.8 Å². The molecule has 1 saturated heterocycles. The highest BCUT2D eigenvalue weighted by atomic mass is 19.4. The molecule has 2 aromatic rings. The quantitative estimate of drug-likeness (QED) is 0.790. The number of alkyl halides is 3. The highest BCUT2D eigenvalue weighted by Gasteiger charge is 2.37. The summed E-state index contributed by atoms with van der Waals surface area (Å²) in [5.74, 6) is -1.24. The van der Waals surface area contributed by atoms with Gasteiger partial charge in [0.05, 0.1) is 11.5 Å². The van der Waals surface area contributed by atoms with E-state index < -0.39 is 23.6 Å². The van der Waals surface area contributed by atoms with Gasteiger partial charge in [0, 0.05) is 24.3 Å². The largest absolute Gasteiger partial charge is 0.416 e. The van der Waals surface area contributed by atoms with E-state index in [1.54, 1.807) is 4.90 Å². The Morgan fingerprint density at radius 3 is 2.55 bits per heavy atom. The van der Waals surface area contributed by atoms with Crippen molar-refractivity contribution < 1.29 is 22.8 Å². The topological polar surface area (TPSA) is 49.4 Å². The summed E-state index contributed by atoms with van der Waals surface area (Å²) in [6.45, 7) is 5.49. The van der Waals surface area contributed by atoms with Gasteiger partial charge in [-0.15, -0.1) is 0 Å². The van der Waals surface area contributed by atoms with Crippen LogP contribution in [0.25, 0.3) is 0 Å². The number of carbonyl (C=O) groups is 2. The number of carbonyl (C=O) groups excluding carboxylic acids is 2. The molecule has 7 heteroatoms. The average molecular weight is 404 g/mol. The molecule has 1 unspecified atom stereocenters. The van der Waals surface area contributed by atoms with Crippen LogP contribution in [0, 0.1) is 19.8 Å². The Morgan fingerprint density at radius 1 is 1.17 bits per heavy atom. The van der Waals surface area contributed by atoms with Crippen molar-refractivity contribution >= 4 is 23.2 Å². The molecule has 0 spiro atoms. The van der Waals surface area contributed by atoms with Gasteiger partial charge < -0.3 is 10.2 Å². The number of anilines is 2. The molecule has 154 valence electrons. The van der Waals surface area contributed by atoms with Gasteiger partial charge in [0.15, 0.2) is 0 Å². The number of amides is 2. The molecule has 2 amide bonds. The van der Waals surface area contributed by atoms with Gasteiger partial charge in [0.2, 0.25) is 11.8 Å². The third kappa shape index (κ3) is 4.28. The highest BCUT2D eigenvalue weighted by molar-refractivity contribution is 6.04. The van der Waals surface area contributed by atoms with E-state index in [0.717, 1.165) is 29.3 Å². The zero-order valence-corrected chi connectivity index (χ0v) is 16.6. The van der Waals surface area contributed by atoms with Crippen molar-refractivity contribution in [3.8, 4) is 0 Å². The average Bonchev–Trinajstić information content (AvgIpc) is 3.03. The summed E-state index contributed by atoms with van der Waals surface area (Å²) in [5.41, 5.74) is 2.17. The summed E-state index contributed by atoms with van der Waals surface area (Å²) in [5, 5.41) is 2.54. The van der Waals surface area contributed by atoms with Gasteiger partial charge >= 0.3 is 6.18 Å². The van der Waals surface area contributed by atoms with Crippen LogP contribution in [0.1, 0.15) is 35.6 Å². The van der Waals surface area contributed by atoms with Crippen molar-refractivity contribution in [3.05, 3.63) is 58.7 Å². The van der Waals surface area contributed by atoms with Crippen LogP contribution in [-0.2, 0) is 22.2 Å². The molecular weight excluding hydrogens is 381 g/mol. The SMILES string of the molecule is CCc1cccc(C)c1N1CC(C(=O)Nc2ccc(C)c(C(F)(F)F)c2)CC1=O. The minimum atomic E-state index is -4.49. The maximum absolute atomic E-state index is 13.1. The van der Waals surface area contributed by atoms with Crippen molar-refractivity contribution in [1.82, 2.24) is 0 Å². The van der Waals surface area contributed by atoms with Crippen LogP contribution in [0.3, 0.4) is 0 Å². The minimum Gasteiger partial charge on any atom is -0.326 e. The third-order valence-electron chi connectivity index (χ3n) is 5.28. The fourth-order valence-electron chi connectivity index (χ4n) is 3.74. The molecule has 0 aliphatic carbocycles. The van der Waals surface area contributed by atoms with E-state index in [4.69, 9.17) is 0 Å². The van der Waals surface area contributed by atoms with Gasteiger partial charge in [-0.05, 0) is 49.1 Å². The van der Waals surface area contributed by atoms with E-state index in [0.29, 0.717) is 0 Å². The zero-order chi connectivity index (χ0) is 21.3. The number of halogens is 3. The molecule has 1 aliphatic rings. The Labute approximate surface area is 167 Å². The summed E-state index contributed by atoms with van der Waals surface area (Å²) >= 11 is 0. The van der Waals surface area contributed by atoms with Crippen molar-refractivity contribution in [2.45, 2.75) is 39.8 Å². The summed E-state index contributed by atoms with van der Waals surface area (Å²) in [6, 6.07) is 9.49. The second kappa shape index (κ2) is 7.89. The van der Waals surface area contributed by atoms with Gasteiger partial charge in [-0.2, -0.15) is 13.2 Å². The number of benzene rings is 2. The van der Waals surface area contributed by atoms with E-state index in [-0.39, 0.29) is 30.1 Å². The molecule has 3 rings (SSSR count). The molecule has 1 heterocycles. The fraction of sp³-hybridized carbons (Fsp3) is 0.364. The first-order chi connectivity index (χ1) is 13.6. The zero-order valence-electron chi connectivity index (χ0n) is 16.6. The summed E-state index contributed by atoms with van der Waals surface area (Å²) in [6.07, 6.45) is -3.71. The van der Waals surface area contributed by atoms with Crippen LogP contribution in [-0.4, -0.2) is 18.4 Å². The van der Waals surface area contributed by atoms with Gasteiger partial charge in [-0.3, -0.25) is 9.59 Å². The minimum absolute atomic E-state index is 0.0291. The van der Waals surface area contributed by atoms with Crippen LogP contribution in [0.15, 0.2) is 36.4 Å². The molecule has 1 N–H and O–H groups in total. The standard InChI is InChI=1S/C22H23F3N2O2/c1-4-15-7-5-6-14(3)20(15)27-12-16(10-19(27)28)21(29)26-17-9-8-13(2)18(11-17)22(23,24)25/h5-9,11,16H,4,10,12H2,1-3H3,(H,26,29). The smallest absolute Gasteiger partial charge is 0.326 e. The Hall–Kier alpha value is -2.83. The third-order valence-corrected chi connectivity index (χ3v) is 5.28. The summed E-state index contributed by atoms with van der Waals surface area (Å²) < 4.78 is 39.3. The number of hydrogen-bond acceptors (Lipinski definition) is 2. The van der Waals surface area contributed by atoms with Crippen LogP contribution >= 0.6 is 0 Å². The Bertz CT molecular complexity index is 954. The molecule has 1 fully saturated rings. The lowest BCUT2D eigenvalue weighted by Gasteiger charge is -2.22. The molecule has 1 atom stereocenters. The Kier molecular flexibility index (Phi) is 5.68. The van der Waals surface area contributed by atoms with E-state index >= 15 is 0 Å². The Balaban J connectivity index is 1.79. The number of nitrogens with one attached hydrogen (secondary N) is 1. The predicted octanol–water partition coefficient (Wildman–Crippen LogP) is 4.88. The Morgan fingerprint density at radius 2 is 1.90 bits per heavy atom. The maximum atomic E-state index is 13.1. The molecule has 1 aliphatic heterocycles. The van der Waals surface area contributed by atoms with Crippen molar-refractivity contribution in [3.63, 3.8) is 0 Å². The number of nitrogens with zero attached hydrogens (tertiary/aromatic N) is 1. The first-order valence-electron chi connectivity index (χ1n) is 9.49. The molecule has 0 aromatic heterocycles. The maximum Gasteiger partial charge on any atom is 0.416 e. The molecule has 0 radical (unpaired) electrons. The molecule has 0 bridgehead atoms. The van der Waals surface area contributed by atoms with Gasteiger partial charge in [-0.25, -0.2) is 0 Å². The lowest BCUT2D eigenvalue weighted by Crippen LogP contribution is -2.29. The van der Waals surface area contributed by atoms with Crippen molar-refractivity contribution in [1.29, 1.82) is 0 Å². The van der Waals surface area contributed by atoms with Crippen LogP contribution in [0.2, 0.25) is 0 Å². The van der Waals surface area contributed by atoms with Crippen LogP contribution in [0.5, 0.6) is 0 Å². The lowest BCUT2D eigenvalue weighted by atomic mass is 10.0. The van der Waals surface area contributed by atoms with Gasteiger partial charge in [-0.1, -0.05) is 31.2 Å². The molecule has 29 heavy (non-hydrogen) atoms.